The first-order valence-corrected chi connectivity index (χ1v) is 6.93. The van der Waals surface area contributed by atoms with Crippen molar-refractivity contribution in [1.29, 1.82) is 0 Å². The molecular formula is C15H21NO4. The monoisotopic (exact) mass is 279 g/mol. The second-order valence-corrected chi connectivity index (χ2v) is 5.02. The van der Waals surface area contributed by atoms with E-state index in [0.29, 0.717) is 12.3 Å². The van der Waals surface area contributed by atoms with Gasteiger partial charge in [-0.2, -0.15) is 0 Å². The fraction of sp³-hybridized carbons (Fsp3) is 0.533. The van der Waals surface area contributed by atoms with Crippen LogP contribution in [0, 0.1) is 0 Å². The molecule has 1 atom stereocenters. The minimum absolute atomic E-state index is 0.0403. The number of amides is 1. The van der Waals surface area contributed by atoms with Gasteiger partial charge in [0.05, 0.1) is 6.10 Å². The van der Waals surface area contributed by atoms with Gasteiger partial charge in [-0.15, -0.1) is 0 Å². The highest BCUT2D eigenvalue weighted by atomic mass is 16.5. The van der Waals surface area contributed by atoms with Gasteiger partial charge in [-0.25, -0.2) is 0 Å². The van der Waals surface area contributed by atoms with Gasteiger partial charge >= 0.3 is 0 Å². The van der Waals surface area contributed by atoms with Crippen LogP contribution in [0.25, 0.3) is 0 Å². The Kier molecular flexibility index (Phi) is 5.24. The average Bonchev–Trinajstić information content (AvgIpc) is 2.47. The lowest BCUT2D eigenvalue weighted by molar-refractivity contribution is -0.134. The summed E-state index contributed by atoms with van der Waals surface area (Å²) in [5.41, 5.74) is 0. The minimum atomic E-state index is -0.123. The van der Waals surface area contributed by atoms with Gasteiger partial charge in [-0.3, -0.25) is 4.79 Å². The van der Waals surface area contributed by atoms with Crippen LogP contribution >= 0.6 is 0 Å². The maximum absolute atomic E-state index is 12.0. The fourth-order valence-electron chi connectivity index (χ4n) is 2.19. The predicted octanol–water partition coefficient (Wildman–Crippen LogP) is 1.80. The van der Waals surface area contributed by atoms with Crippen molar-refractivity contribution in [2.24, 2.45) is 0 Å². The maximum Gasteiger partial charge on any atom is 0.260 e. The number of hydrogen-bond acceptors (Lipinski definition) is 4. The molecular weight excluding hydrogens is 258 g/mol. The molecule has 0 spiro atoms. The predicted molar refractivity (Wildman–Crippen MR) is 74.8 cm³/mol. The van der Waals surface area contributed by atoms with Crippen LogP contribution < -0.4 is 4.74 Å². The van der Waals surface area contributed by atoms with Crippen LogP contribution in [0.3, 0.4) is 0 Å². The van der Waals surface area contributed by atoms with Gasteiger partial charge in [0.15, 0.2) is 18.1 Å². The van der Waals surface area contributed by atoms with Crippen LogP contribution in [0.5, 0.6) is 11.5 Å². The number of rotatable bonds is 5. The van der Waals surface area contributed by atoms with E-state index in [-0.39, 0.29) is 24.4 Å². The molecule has 1 saturated heterocycles. The number of benzene rings is 1. The van der Waals surface area contributed by atoms with E-state index < -0.39 is 0 Å². The molecule has 0 aliphatic carbocycles. The number of phenolic OH excluding ortho intramolecular Hbond substituents is 1. The van der Waals surface area contributed by atoms with Crippen molar-refractivity contribution in [2.75, 3.05) is 26.8 Å². The summed E-state index contributed by atoms with van der Waals surface area (Å²) in [5.74, 6) is 0.240. The Bertz CT molecular complexity index is 443. The Hall–Kier alpha value is -1.75. The summed E-state index contributed by atoms with van der Waals surface area (Å²) in [6, 6.07) is 6.61. The Morgan fingerprint density at radius 3 is 2.95 bits per heavy atom. The molecule has 1 N–H and O–H groups in total. The molecule has 1 aliphatic rings. The molecule has 1 heterocycles. The molecule has 5 nitrogen and oxygen atoms in total. The lowest BCUT2D eigenvalue weighted by Crippen LogP contribution is -2.39. The molecule has 0 saturated carbocycles. The summed E-state index contributed by atoms with van der Waals surface area (Å²) in [6.07, 6.45) is 3.38. The number of carbonyl (C=O) groups excluding carboxylic acids is 1. The van der Waals surface area contributed by atoms with Gasteiger partial charge in [-0.1, -0.05) is 12.1 Å². The SMILES string of the molecule is CN(C[C@H]1CCCCO1)C(=O)COc1ccccc1O. The summed E-state index contributed by atoms with van der Waals surface area (Å²) in [4.78, 5) is 13.6. The zero-order chi connectivity index (χ0) is 14.4. The van der Waals surface area contributed by atoms with Gasteiger partial charge in [-0.05, 0) is 31.4 Å². The quantitative estimate of drug-likeness (QED) is 0.893. The smallest absolute Gasteiger partial charge is 0.260 e. The summed E-state index contributed by atoms with van der Waals surface area (Å²) >= 11 is 0. The topological polar surface area (TPSA) is 59.0 Å². The largest absolute Gasteiger partial charge is 0.504 e. The van der Waals surface area contributed by atoms with Crippen LogP contribution in [0.15, 0.2) is 24.3 Å². The highest BCUT2D eigenvalue weighted by Crippen LogP contribution is 2.24. The Morgan fingerprint density at radius 1 is 1.45 bits per heavy atom. The number of likely N-dealkylation sites (N-methyl/N-ethyl adjacent to an activating group) is 1. The number of phenols is 1. The number of para-hydroxylation sites is 2. The zero-order valence-electron chi connectivity index (χ0n) is 11.7. The Labute approximate surface area is 119 Å². The first kappa shape index (κ1) is 14.7. The molecule has 110 valence electrons. The molecule has 1 aromatic rings. The van der Waals surface area contributed by atoms with Gasteiger partial charge in [0, 0.05) is 20.2 Å². The third-order valence-corrected chi connectivity index (χ3v) is 3.39. The van der Waals surface area contributed by atoms with E-state index in [4.69, 9.17) is 9.47 Å². The Morgan fingerprint density at radius 2 is 2.25 bits per heavy atom. The first-order valence-electron chi connectivity index (χ1n) is 6.93. The first-order chi connectivity index (χ1) is 9.66. The van der Waals surface area contributed by atoms with E-state index in [9.17, 15) is 9.90 Å². The molecule has 1 aromatic carbocycles. The molecule has 1 amide bonds. The highest BCUT2D eigenvalue weighted by Gasteiger charge is 2.19. The van der Waals surface area contributed by atoms with Gasteiger partial charge < -0.3 is 19.5 Å². The minimum Gasteiger partial charge on any atom is -0.504 e. The molecule has 1 aliphatic heterocycles. The molecule has 0 bridgehead atoms. The third kappa shape index (κ3) is 4.13. The summed E-state index contributed by atoms with van der Waals surface area (Å²) in [6.45, 7) is 1.28. The summed E-state index contributed by atoms with van der Waals surface area (Å²) in [7, 11) is 1.74. The van der Waals surface area contributed by atoms with Crippen molar-refractivity contribution in [3.05, 3.63) is 24.3 Å². The lowest BCUT2D eigenvalue weighted by atomic mass is 10.1. The standard InChI is InChI=1S/C15H21NO4/c1-16(10-12-6-4-5-9-19-12)15(18)11-20-14-8-3-2-7-13(14)17/h2-3,7-8,12,17H,4-6,9-11H2,1H3/t12-/m1/s1. The average molecular weight is 279 g/mol. The number of hydrogen-bond donors (Lipinski definition) is 1. The van der Waals surface area contributed by atoms with E-state index >= 15 is 0 Å². The molecule has 1 fully saturated rings. The molecule has 0 aromatic heterocycles. The fourth-order valence-corrected chi connectivity index (χ4v) is 2.19. The molecule has 0 unspecified atom stereocenters. The number of carbonyl (C=O) groups is 1. The maximum atomic E-state index is 12.0. The summed E-state index contributed by atoms with van der Waals surface area (Å²) in [5, 5.41) is 9.55. The Balaban J connectivity index is 1.77. The van der Waals surface area contributed by atoms with Crippen molar-refractivity contribution in [3.63, 3.8) is 0 Å². The van der Waals surface area contributed by atoms with Crippen molar-refractivity contribution in [3.8, 4) is 11.5 Å². The zero-order valence-corrected chi connectivity index (χ0v) is 11.7. The molecule has 20 heavy (non-hydrogen) atoms. The number of ether oxygens (including phenoxy) is 2. The lowest BCUT2D eigenvalue weighted by Gasteiger charge is -2.27. The van der Waals surface area contributed by atoms with Crippen LogP contribution in [0.1, 0.15) is 19.3 Å². The highest BCUT2D eigenvalue weighted by molar-refractivity contribution is 5.77. The molecule has 0 radical (unpaired) electrons. The summed E-state index contributed by atoms with van der Waals surface area (Å²) < 4.78 is 10.9. The molecule has 2 rings (SSSR count). The normalized spacial score (nSPS) is 18.6. The van der Waals surface area contributed by atoms with Crippen LogP contribution in [0.2, 0.25) is 0 Å². The number of aromatic hydroxyl groups is 1. The van der Waals surface area contributed by atoms with E-state index in [1.807, 2.05) is 0 Å². The van der Waals surface area contributed by atoms with Crippen LogP contribution in [-0.2, 0) is 9.53 Å². The van der Waals surface area contributed by atoms with Gasteiger partial charge in [0.25, 0.3) is 5.91 Å². The van der Waals surface area contributed by atoms with Crippen molar-refractivity contribution >= 4 is 5.91 Å². The van der Waals surface area contributed by atoms with Crippen molar-refractivity contribution < 1.29 is 19.4 Å². The van der Waals surface area contributed by atoms with Crippen LogP contribution in [-0.4, -0.2) is 48.8 Å². The second kappa shape index (κ2) is 7.14. The van der Waals surface area contributed by atoms with Crippen LogP contribution in [0.4, 0.5) is 0 Å². The van der Waals surface area contributed by atoms with Crippen molar-refractivity contribution in [2.45, 2.75) is 25.4 Å². The van der Waals surface area contributed by atoms with Crippen molar-refractivity contribution in [1.82, 2.24) is 4.90 Å². The van der Waals surface area contributed by atoms with E-state index in [0.717, 1.165) is 25.9 Å². The third-order valence-electron chi connectivity index (χ3n) is 3.39. The second-order valence-electron chi connectivity index (χ2n) is 5.02. The molecule has 5 heteroatoms. The van der Waals surface area contributed by atoms with E-state index in [1.54, 1.807) is 30.1 Å². The van der Waals surface area contributed by atoms with E-state index in [1.165, 1.54) is 6.07 Å². The van der Waals surface area contributed by atoms with E-state index in [2.05, 4.69) is 0 Å². The van der Waals surface area contributed by atoms with Gasteiger partial charge in [0.2, 0.25) is 0 Å². The van der Waals surface area contributed by atoms with Gasteiger partial charge in [0.1, 0.15) is 0 Å². The number of nitrogens with zero attached hydrogens (tertiary/aromatic N) is 1.